The molecule has 4 rings (SSSR count). The minimum atomic E-state index is -0.584. The van der Waals surface area contributed by atoms with E-state index in [0.29, 0.717) is 12.8 Å². The SMILES string of the molecule is COc1ccc2nc3c(cc2c1)C(O)CC1CC(=O)C(C(C)(C)C)=C31. The number of ether oxygens (including phenoxy) is 1. The minimum Gasteiger partial charge on any atom is -0.497 e. The van der Waals surface area contributed by atoms with Gasteiger partial charge >= 0.3 is 0 Å². The summed E-state index contributed by atoms with van der Waals surface area (Å²) in [7, 11) is 1.64. The van der Waals surface area contributed by atoms with Crippen LogP contribution in [0.3, 0.4) is 0 Å². The van der Waals surface area contributed by atoms with E-state index in [0.717, 1.165) is 39.1 Å². The van der Waals surface area contributed by atoms with Crippen LogP contribution in [0.15, 0.2) is 29.8 Å². The molecule has 0 saturated carbocycles. The van der Waals surface area contributed by atoms with Gasteiger partial charge in [-0.25, -0.2) is 4.98 Å². The lowest BCUT2D eigenvalue weighted by Crippen LogP contribution is -2.19. The Balaban J connectivity index is 2.01. The van der Waals surface area contributed by atoms with Gasteiger partial charge < -0.3 is 9.84 Å². The van der Waals surface area contributed by atoms with E-state index < -0.39 is 6.10 Å². The van der Waals surface area contributed by atoms with E-state index in [-0.39, 0.29) is 17.1 Å². The Kier molecular flexibility index (Phi) is 3.51. The number of pyridine rings is 1. The van der Waals surface area contributed by atoms with Gasteiger partial charge in [0.15, 0.2) is 5.78 Å². The average molecular weight is 337 g/mol. The van der Waals surface area contributed by atoms with Crippen molar-refractivity contribution in [1.29, 1.82) is 0 Å². The first-order chi connectivity index (χ1) is 11.8. The fourth-order valence-corrected chi connectivity index (χ4v) is 4.28. The maximum atomic E-state index is 12.7. The number of fused-ring (bicyclic) bond motifs is 4. The molecule has 2 aromatic rings. The summed E-state index contributed by atoms with van der Waals surface area (Å²) < 4.78 is 5.29. The number of allylic oxidation sites excluding steroid dienone is 2. The van der Waals surface area contributed by atoms with Crippen LogP contribution < -0.4 is 4.74 Å². The molecule has 1 aromatic heterocycles. The van der Waals surface area contributed by atoms with Gasteiger partial charge in [0, 0.05) is 22.9 Å². The molecule has 2 aliphatic carbocycles. The summed E-state index contributed by atoms with van der Waals surface area (Å²) in [6.07, 6.45) is 0.491. The highest BCUT2D eigenvalue weighted by molar-refractivity contribution is 6.09. The van der Waals surface area contributed by atoms with E-state index in [1.54, 1.807) is 7.11 Å². The average Bonchev–Trinajstić information content (AvgIpc) is 2.89. The van der Waals surface area contributed by atoms with Gasteiger partial charge in [-0.05, 0) is 47.6 Å². The molecule has 1 aromatic carbocycles. The van der Waals surface area contributed by atoms with E-state index in [4.69, 9.17) is 9.72 Å². The summed E-state index contributed by atoms with van der Waals surface area (Å²) >= 11 is 0. The number of nitrogens with zero attached hydrogens (tertiary/aromatic N) is 1. The number of hydrogen-bond donors (Lipinski definition) is 1. The van der Waals surface area contributed by atoms with Crippen molar-refractivity contribution in [3.05, 3.63) is 41.1 Å². The standard InChI is InChI=1S/C21H23NO3/c1-21(2,3)19-17(24)10-12-9-16(23)14-8-11-7-13(25-4)5-6-15(11)22-20(14)18(12)19/h5-8,12,16,23H,9-10H2,1-4H3. The Morgan fingerprint density at radius 3 is 2.68 bits per heavy atom. The molecule has 0 aliphatic heterocycles. The number of benzene rings is 1. The molecule has 4 nitrogen and oxygen atoms in total. The van der Waals surface area contributed by atoms with Crippen LogP contribution in [0.2, 0.25) is 0 Å². The fraction of sp³-hybridized carbons (Fsp3) is 0.429. The Morgan fingerprint density at radius 2 is 2.00 bits per heavy atom. The van der Waals surface area contributed by atoms with Crippen molar-refractivity contribution in [2.45, 2.75) is 39.7 Å². The van der Waals surface area contributed by atoms with Crippen molar-refractivity contribution in [3.8, 4) is 5.75 Å². The number of hydrogen-bond acceptors (Lipinski definition) is 4. The van der Waals surface area contributed by atoms with Gasteiger partial charge in [-0.15, -0.1) is 0 Å². The molecule has 0 bridgehead atoms. The topological polar surface area (TPSA) is 59.4 Å². The number of ketones is 1. The molecule has 2 unspecified atom stereocenters. The van der Waals surface area contributed by atoms with Crippen LogP contribution >= 0.6 is 0 Å². The maximum Gasteiger partial charge on any atom is 0.160 e. The second-order valence-corrected chi connectivity index (χ2v) is 8.10. The third kappa shape index (κ3) is 2.47. The molecule has 2 atom stereocenters. The van der Waals surface area contributed by atoms with E-state index >= 15 is 0 Å². The third-order valence-corrected chi connectivity index (χ3v) is 5.31. The molecule has 4 heteroatoms. The van der Waals surface area contributed by atoms with Gasteiger partial charge in [-0.2, -0.15) is 0 Å². The van der Waals surface area contributed by atoms with Crippen molar-refractivity contribution in [2.24, 2.45) is 11.3 Å². The second kappa shape index (κ2) is 5.40. The minimum absolute atomic E-state index is 0.0763. The monoisotopic (exact) mass is 337 g/mol. The van der Waals surface area contributed by atoms with E-state index in [1.165, 1.54) is 0 Å². The van der Waals surface area contributed by atoms with Crippen LogP contribution in [0.1, 0.15) is 51.0 Å². The summed E-state index contributed by atoms with van der Waals surface area (Å²) in [5.74, 6) is 1.04. The zero-order valence-corrected chi connectivity index (χ0v) is 15.1. The molecule has 1 N–H and O–H groups in total. The second-order valence-electron chi connectivity index (χ2n) is 8.10. The summed E-state index contributed by atoms with van der Waals surface area (Å²) in [6, 6.07) is 7.74. The number of carbonyl (C=O) groups is 1. The molecular formula is C21H23NO3. The van der Waals surface area contributed by atoms with Gasteiger partial charge in [-0.3, -0.25) is 4.79 Å². The van der Waals surface area contributed by atoms with Crippen LogP contribution in [0.25, 0.3) is 16.5 Å². The summed E-state index contributed by atoms with van der Waals surface area (Å²) in [5, 5.41) is 11.6. The maximum absolute atomic E-state index is 12.7. The number of methoxy groups -OCH3 is 1. The number of aromatic nitrogens is 1. The molecule has 2 aliphatic rings. The van der Waals surface area contributed by atoms with Gasteiger partial charge in [0.2, 0.25) is 0 Å². The van der Waals surface area contributed by atoms with Crippen LogP contribution in [-0.4, -0.2) is 23.0 Å². The zero-order chi connectivity index (χ0) is 17.9. The van der Waals surface area contributed by atoms with Crippen molar-refractivity contribution in [1.82, 2.24) is 4.98 Å². The first-order valence-corrected chi connectivity index (χ1v) is 8.74. The molecule has 0 saturated heterocycles. The van der Waals surface area contributed by atoms with Gasteiger partial charge in [0.05, 0.1) is 24.4 Å². The summed E-state index contributed by atoms with van der Waals surface area (Å²) in [6.45, 7) is 6.23. The van der Waals surface area contributed by atoms with Crippen LogP contribution in [0, 0.1) is 11.3 Å². The quantitative estimate of drug-likeness (QED) is 0.852. The molecule has 1 heterocycles. The number of aliphatic hydroxyl groups is 1. The van der Waals surface area contributed by atoms with Crippen LogP contribution in [0.4, 0.5) is 0 Å². The lowest BCUT2D eigenvalue weighted by molar-refractivity contribution is -0.116. The van der Waals surface area contributed by atoms with E-state index in [1.807, 2.05) is 24.3 Å². The Bertz CT molecular complexity index is 921. The number of carbonyl (C=O) groups excluding carboxylic acids is 1. The van der Waals surface area contributed by atoms with Crippen LogP contribution in [-0.2, 0) is 4.79 Å². The van der Waals surface area contributed by atoms with Gasteiger partial charge in [0.25, 0.3) is 0 Å². The highest BCUT2D eigenvalue weighted by Crippen LogP contribution is 2.51. The predicted octanol–water partition coefficient (Wildman–Crippen LogP) is 4.07. The lowest BCUT2D eigenvalue weighted by atomic mass is 9.77. The number of aliphatic hydroxyl groups excluding tert-OH is 1. The summed E-state index contributed by atoms with van der Waals surface area (Å²) in [5.41, 5.74) is 4.19. The smallest absolute Gasteiger partial charge is 0.160 e. The summed E-state index contributed by atoms with van der Waals surface area (Å²) in [4.78, 5) is 17.5. The first-order valence-electron chi connectivity index (χ1n) is 8.74. The van der Waals surface area contributed by atoms with Gasteiger partial charge in [0.1, 0.15) is 5.75 Å². The fourth-order valence-electron chi connectivity index (χ4n) is 4.28. The molecule has 0 spiro atoms. The highest BCUT2D eigenvalue weighted by atomic mass is 16.5. The molecule has 130 valence electrons. The largest absolute Gasteiger partial charge is 0.497 e. The van der Waals surface area contributed by atoms with Crippen molar-refractivity contribution in [2.75, 3.05) is 7.11 Å². The number of rotatable bonds is 1. The van der Waals surface area contributed by atoms with E-state index in [2.05, 4.69) is 20.8 Å². The van der Waals surface area contributed by atoms with Crippen molar-refractivity contribution in [3.63, 3.8) is 0 Å². The number of Topliss-reactive ketones (excluding diaryl/α,β-unsaturated/α-hetero) is 1. The first kappa shape index (κ1) is 16.3. The molecule has 0 radical (unpaired) electrons. The molecule has 0 fully saturated rings. The molecular weight excluding hydrogens is 314 g/mol. The normalized spacial score (nSPS) is 23.0. The highest BCUT2D eigenvalue weighted by Gasteiger charge is 2.43. The van der Waals surface area contributed by atoms with Crippen LogP contribution in [0.5, 0.6) is 5.75 Å². The zero-order valence-electron chi connectivity index (χ0n) is 15.1. The van der Waals surface area contributed by atoms with Crippen molar-refractivity contribution >= 4 is 22.3 Å². The van der Waals surface area contributed by atoms with Crippen molar-refractivity contribution < 1.29 is 14.6 Å². The Morgan fingerprint density at radius 1 is 1.24 bits per heavy atom. The van der Waals surface area contributed by atoms with Gasteiger partial charge in [-0.1, -0.05) is 20.8 Å². The Labute approximate surface area is 147 Å². The predicted molar refractivity (Wildman–Crippen MR) is 97.4 cm³/mol. The molecule has 25 heavy (non-hydrogen) atoms. The van der Waals surface area contributed by atoms with E-state index in [9.17, 15) is 9.90 Å². The molecule has 0 amide bonds. The Hall–Kier alpha value is -2.20. The lowest BCUT2D eigenvalue weighted by Gasteiger charge is -2.30. The third-order valence-electron chi connectivity index (χ3n) is 5.31.